The summed E-state index contributed by atoms with van der Waals surface area (Å²) in [5.74, 6) is 1.85. The Morgan fingerprint density at radius 1 is 1.18 bits per heavy atom. The largest absolute Gasteiger partial charge is 0.229 e. The highest BCUT2D eigenvalue weighted by molar-refractivity contribution is 7.92. The van der Waals surface area contributed by atoms with E-state index >= 15 is 0 Å². The first-order valence-corrected chi connectivity index (χ1v) is 6.08. The van der Waals surface area contributed by atoms with Gasteiger partial charge in [0.1, 0.15) is 0 Å². The maximum Gasteiger partial charge on any atom is 0.151 e. The molecule has 0 aromatic heterocycles. The molecule has 0 saturated heterocycles. The van der Waals surface area contributed by atoms with E-state index in [1.807, 2.05) is 0 Å². The lowest BCUT2D eigenvalue weighted by molar-refractivity contribution is 0.408. The van der Waals surface area contributed by atoms with E-state index in [9.17, 15) is 8.42 Å². The summed E-state index contributed by atoms with van der Waals surface area (Å²) in [6.45, 7) is 0. The number of hydrogen-bond acceptors (Lipinski definition) is 2. The molecule has 11 heavy (non-hydrogen) atoms. The minimum atomic E-state index is -2.85. The van der Waals surface area contributed by atoms with Crippen molar-refractivity contribution in [2.45, 2.75) is 32.1 Å². The number of rotatable bonds is 2. The van der Waals surface area contributed by atoms with E-state index in [1.54, 1.807) is 0 Å². The third-order valence-electron chi connectivity index (χ3n) is 2.09. The molecule has 0 atom stereocenters. The number of hydrogen-bond donors (Lipinski definition) is 0. The van der Waals surface area contributed by atoms with Gasteiger partial charge in [-0.2, -0.15) is 0 Å². The van der Waals surface area contributed by atoms with Crippen molar-refractivity contribution in [1.82, 2.24) is 0 Å². The molecule has 0 aromatic rings. The molecule has 0 unspecified atom stereocenters. The Hall–Kier alpha value is -0.0500. The van der Waals surface area contributed by atoms with Crippen LogP contribution >= 0.6 is 0 Å². The monoisotopic (exact) mass is 175 g/mol. The standard InChI is InChI=1S/C8H15O2S/c1-11(9,10)7-8-5-3-2-4-6-8/h7-8H,2-6H2,1H3. The van der Waals surface area contributed by atoms with Crippen molar-refractivity contribution >= 4 is 9.84 Å². The van der Waals surface area contributed by atoms with Crippen LogP contribution in [0.15, 0.2) is 0 Å². The molecule has 2 nitrogen and oxygen atoms in total. The van der Waals surface area contributed by atoms with Crippen molar-refractivity contribution in [3.05, 3.63) is 5.75 Å². The molecule has 0 heterocycles. The van der Waals surface area contributed by atoms with Gasteiger partial charge in [0.25, 0.3) is 0 Å². The van der Waals surface area contributed by atoms with Gasteiger partial charge in [-0.25, -0.2) is 8.42 Å². The van der Waals surface area contributed by atoms with Gasteiger partial charge in [-0.05, 0) is 18.8 Å². The minimum absolute atomic E-state index is 0.332. The highest BCUT2D eigenvalue weighted by atomic mass is 32.2. The molecule has 1 rings (SSSR count). The van der Waals surface area contributed by atoms with Crippen molar-refractivity contribution in [1.29, 1.82) is 0 Å². The summed E-state index contributed by atoms with van der Waals surface area (Å²) < 4.78 is 21.7. The molecule has 1 radical (unpaired) electrons. The summed E-state index contributed by atoms with van der Waals surface area (Å²) in [6.07, 6.45) is 7.06. The van der Waals surface area contributed by atoms with Crippen LogP contribution in [0.3, 0.4) is 0 Å². The smallest absolute Gasteiger partial charge is 0.151 e. The summed E-state index contributed by atoms with van der Waals surface area (Å²) in [5.41, 5.74) is 0. The average molecular weight is 175 g/mol. The van der Waals surface area contributed by atoms with E-state index in [1.165, 1.54) is 31.3 Å². The Morgan fingerprint density at radius 3 is 2.18 bits per heavy atom. The lowest BCUT2D eigenvalue weighted by atomic mass is 9.91. The van der Waals surface area contributed by atoms with Crippen LogP contribution in [0.2, 0.25) is 0 Å². The fourth-order valence-corrected chi connectivity index (χ4v) is 2.59. The van der Waals surface area contributed by atoms with Crippen LogP contribution in [0.25, 0.3) is 0 Å². The second-order valence-corrected chi connectivity index (χ2v) is 5.29. The Morgan fingerprint density at radius 2 is 1.73 bits per heavy atom. The zero-order chi connectivity index (χ0) is 8.32. The van der Waals surface area contributed by atoms with Crippen LogP contribution in [-0.2, 0) is 9.84 Å². The molecule has 0 amide bonds. The summed E-state index contributed by atoms with van der Waals surface area (Å²) >= 11 is 0. The molecule has 3 heteroatoms. The fourth-order valence-electron chi connectivity index (χ4n) is 1.62. The van der Waals surface area contributed by atoms with Crippen LogP contribution in [0.1, 0.15) is 32.1 Å². The molecule has 0 aromatic carbocycles. The van der Waals surface area contributed by atoms with Gasteiger partial charge in [-0.1, -0.05) is 19.3 Å². The molecule has 1 saturated carbocycles. The first-order chi connectivity index (χ1) is 5.08. The SMILES string of the molecule is CS(=O)(=O)[CH]C1CCCCC1. The second-order valence-electron chi connectivity index (χ2n) is 3.36. The maximum absolute atomic E-state index is 10.8. The quantitative estimate of drug-likeness (QED) is 0.641. The van der Waals surface area contributed by atoms with Crippen LogP contribution in [0, 0.1) is 11.7 Å². The first kappa shape index (κ1) is 9.04. The van der Waals surface area contributed by atoms with Gasteiger partial charge >= 0.3 is 0 Å². The van der Waals surface area contributed by atoms with Gasteiger partial charge in [0, 0.05) is 6.26 Å². The van der Waals surface area contributed by atoms with Gasteiger partial charge in [0.2, 0.25) is 0 Å². The molecular formula is C8H15O2S. The summed E-state index contributed by atoms with van der Waals surface area (Å²) in [5, 5.41) is 0. The van der Waals surface area contributed by atoms with Gasteiger partial charge in [-0.3, -0.25) is 0 Å². The van der Waals surface area contributed by atoms with Crippen LogP contribution in [0.4, 0.5) is 0 Å². The van der Waals surface area contributed by atoms with Crippen LogP contribution in [-0.4, -0.2) is 14.7 Å². The minimum Gasteiger partial charge on any atom is -0.229 e. The van der Waals surface area contributed by atoms with E-state index in [-0.39, 0.29) is 0 Å². The van der Waals surface area contributed by atoms with Crippen molar-refractivity contribution < 1.29 is 8.42 Å². The predicted molar refractivity (Wildman–Crippen MR) is 45.7 cm³/mol. The molecule has 65 valence electrons. The van der Waals surface area contributed by atoms with Crippen LogP contribution < -0.4 is 0 Å². The second kappa shape index (κ2) is 3.57. The van der Waals surface area contributed by atoms with Gasteiger partial charge < -0.3 is 0 Å². The average Bonchev–Trinajstić information content (AvgIpc) is 1.85. The Kier molecular flexibility index (Phi) is 2.93. The summed E-state index contributed by atoms with van der Waals surface area (Å²) in [6, 6.07) is 0. The molecule has 1 aliphatic carbocycles. The fraction of sp³-hybridized carbons (Fsp3) is 0.875. The summed E-state index contributed by atoms with van der Waals surface area (Å²) in [4.78, 5) is 0. The van der Waals surface area contributed by atoms with E-state index in [0.29, 0.717) is 5.92 Å². The molecular weight excluding hydrogens is 160 g/mol. The predicted octanol–water partition coefficient (Wildman–Crippen LogP) is 1.77. The van der Waals surface area contributed by atoms with Gasteiger partial charge in [0.05, 0.1) is 5.75 Å². The number of sulfone groups is 1. The third kappa shape index (κ3) is 3.75. The molecule has 0 bridgehead atoms. The highest BCUT2D eigenvalue weighted by Crippen LogP contribution is 2.26. The van der Waals surface area contributed by atoms with E-state index < -0.39 is 9.84 Å². The van der Waals surface area contributed by atoms with Gasteiger partial charge in [0.15, 0.2) is 9.84 Å². The van der Waals surface area contributed by atoms with Crippen molar-refractivity contribution in [3.8, 4) is 0 Å². The Labute approximate surface area is 68.9 Å². The molecule has 1 fully saturated rings. The normalized spacial score (nSPS) is 21.9. The van der Waals surface area contributed by atoms with Gasteiger partial charge in [-0.15, -0.1) is 0 Å². The molecule has 0 N–H and O–H groups in total. The zero-order valence-electron chi connectivity index (χ0n) is 6.91. The van der Waals surface area contributed by atoms with Crippen molar-refractivity contribution in [2.75, 3.05) is 6.26 Å². The van der Waals surface area contributed by atoms with E-state index in [2.05, 4.69) is 0 Å². The highest BCUT2D eigenvalue weighted by Gasteiger charge is 2.18. The van der Waals surface area contributed by atoms with E-state index in [4.69, 9.17) is 0 Å². The molecule has 0 aliphatic heterocycles. The topological polar surface area (TPSA) is 34.1 Å². The van der Waals surface area contributed by atoms with E-state index in [0.717, 1.165) is 12.8 Å². The lowest BCUT2D eigenvalue weighted by Crippen LogP contribution is -2.12. The lowest BCUT2D eigenvalue weighted by Gasteiger charge is -2.19. The summed E-state index contributed by atoms with van der Waals surface area (Å²) in [7, 11) is -2.85. The molecule has 0 spiro atoms. The maximum atomic E-state index is 10.8. The Balaban J connectivity index is 2.36. The first-order valence-electron chi connectivity index (χ1n) is 4.13. The van der Waals surface area contributed by atoms with Crippen molar-refractivity contribution in [2.24, 2.45) is 5.92 Å². The van der Waals surface area contributed by atoms with Crippen LogP contribution in [0.5, 0.6) is 0 Å². The molecule has 1 aliphatic rings. The van der Waals surface area contributed by atoms with Crippen molar-refractivity contribution in [3.63, 3.8) is 0 Å². The Bertz CT molecular complexity index is 200. The third-order valence-corrected chi connectivity index (χ3v) is 2.97. The zero-order valence-corrected chi connectivity index (χ0v) is 7.73.